The van der Waals surface area contributed by atoms with Gasteiger partial charge in [0.1, 0.15) is 22.9 Å². The number of ether oxygens (including phenoxy) is 2. The summed E-state index contributed by atoms with van der Waals surface area (Å²) in [6, 6.07) is 10.9. The molecule has 0 aliphatic carbocycles. The van der Waals surface area contributed by atoms with Crippen molar-refractivity contribution in [1.29, 1.82) is 0 Å². The van der Waals surface area contributed by atoms with Crippen molar-refractivity contribution in [2.45, 2.75) is 44.8 Å². The van der Waals surface area contributed by atoms with Gasteiger partial charge in [0.05, 0.1) is 25.1 Å². The Balaban J connectivity index is 1.66. The van der Waals surface area contributed by atoms with Gasteiger partial charge in [0.2, 0.25) is 15.9 Å². The molecule has 3 rings (SSSR count). The number of fused-ring (bicyclic) bond motifs is 1. The molecule has 9 heteroatoms. The number of nitrogens with zero attached hydrogens (tertiary/aromatic N) is 1. The molecular formula is C23H29FN2O5S. The van der Waals surface area contributed by atoms with Crippen LogP contribution in [0.25, 0.3) is 0 Å². The van der Waals surface area contributed by atoms with E-state index < -0.39 is 21.4 Å². The van der Waals surface area contributed by atoms with Crippen LogP contribution < -0.4 is 19.1 Å². The molecule has 0 spiro atoms. The molecule has 1 amide bonds. The van der Waals surface area contributed by atoms with Crippen LogP contribution in [0.15, 0.2) is 42.5 Å². The van der Waals surface area contributed by atoms with Gasteiger partial charge in [-0.3, -0.25) is 9.10 Å². The molecular weight excluding hydrogens is 435 g/mol. The van der Waals surface area contributed by atoms with Crippen molar-refractivity contribution in [2.24, 2.45) is 0 Å². The van der Waals surface area contributed by atoms with E-state index in [1.165, 1.54) is 18.2 Å². The lowest BCUT2D eigenvalue weighted by atomic mass is 9.89. The van der Waals surface area contributed by atoms with Gasteiger partial charge in [0.25, 0.3) is 0 Å². The topological polar surface area (TPSA) is 84.9 Å². The number of methoxy groups -OCH3 is 1. The van der Waals surface area contributed by atoms with Crippen LogP contribution in [-0.2, 0) is 14.8 Å². The first-order chi connectivity index (χ1) is 15.0. The highest BCUT2D eigenvalue weighted by molar-refractivity contribution is 7.92. The molecule has 0 bridgehead atoms. The SMILES string of the molecule is COc1ccc2c(c1)OC(C)(C)CC2NC(=O)CCCN(c1ccccc1F)S(C)(=O)=O. The number of sulfonamides is 1. The predicted molar refractivity (Wildman–Crippen MR) is 121 cm³/mol. The van der Waals surface area contributed by atoms with Crippen LogP contribution in [0.4, 0.5) is 10.1 Å². The smallest absolute Gasteiger partial charge is 0.232 e. The maximum atomic E-state index is 14.1. The van der Waals surface area contributed by atoms with Crippen molar-refractivity contribution in [2.75, 3.05) is 24.2 Å². The van der Waals surface area contributed by atoms with E-state index in [0.717, 1.165) is 16.1 Å². The standard InChI is InChI=1S/C23H29FN2O5S/c1-23(2)15-19(17-12-11-16(30-3)14-21(17)31-23)25-22(27)10-7-13-26(32(4,28)29)20-9-6-5-8-18(20)24/h5-6,8-9,11-12,14,19H,7,10,13,15H2,1-4H3,(H,25,27). The van der Waals surface area contributed by atoms with Crippen molar-refractivity contribution in [3.8, 4) is 11.5 Å². The van der Waals surface area contributed by atoms with Gasteiger partial charge in [-0.2, -0.15) is 0 Å². The van der Waals surface area contributed by atoms with Crippen molar-refractivity contribution < 1.29 is 27.1 Å². The molecule has 1 unspecified atom stereocenters. The van der Waals surface area contributed by atoms with Crippen LogP contribution in [0.3, 0.4) is 0 Å². The average Bonchev–Trinajstić information content (AvgIpc) is 2.69. The molecule has 2 aromatic carbocycles. The van der Waals surface area contributed by atoms with E-state index in [0.29, 0.717) is 17.9 Å². The fourth-order valence-corrected chi connectivity index (χ4v) is 4.82. The maximum Gasteiger partial charge on any atom is 0.232 e. The Morgan fingerprint density at radius 2 is 2.00 bits per heavy atom. The lowest BCUT2D eigenvalue weighted by Crippen LogP contribution is -2.41. The van der Waals surface area contributed by atoms with E-state index in [1.54, 1.807) is 19.2 Å². The van der Waals surface area contributed by atoms with E-state index >= 15 is 0 Å². The summed E-state index contributed by atoms with van der Waals surface area (Å²) in [5, 5.41) is 3.03. The summed E-state index contributed by atoms with van der Waals surface area (Å²) < 4.78 is 50.8. The average molecular weight is 465 g/mol. The van der Waals surface area contributed by atoms with Crippen LogP contribution in [-0.4, -0.2) is 39.8 Å². The first kappa shape index (κ1) is 23.8. The highest BCUT2D eigenvalue weighted by Gasteiger charge is 2.34. The molecule has 0 saturated carbocycles. The largest absolute Gasteiger partial charge is 0.497 e. The summed E-state index contributed by atoms with van der Waals surface area (Å²) in [5.74, 6) is 0.490. The number of anilines is 1. The predicted octanol–water partition coefficient (Wildman–Crippen LogP) is 3.80. The molecule has 0 fully saturated rings. The zero-order valence-corrected chi connectivity index (χ0v) is 19.5. The van der Waals surface area contributed by atoms with E-state index in [-0.39, 0.29) is 37.0 Å². The fourth-order valence-electron chi connectivity index (χ4n) is 3.86. The van der Waals surface area contributed by atoms with Gasteiger partial charge in [-0.1, -0.05) is 12.1 Å². The fraction of sp³-hybridized carbons (Fsp3) is 0.435. The number of carbonyl (C=O) groups is 1. The number of hydrogen-bond acceptors (Lipinski definition) is 5. The lowest BCUT2D eigenvalue weighted by molar-refractivity contribution is -0.122. The summed E-state index contributed by atoms with van der Waals surface area (Å²) >= 11 is 0. The molecule has 1 aliphatic heterocycles. The number of amides is 1. The van der Waals surface area contributed by atoms with E-state index in [1.807, 2.05) is 26.0 Å². The highest BCUT2D eigenvalue weighted by atomic mass is 32.2. The number of hydrogen-bond donors (Lipinski definition) is 1. The molecule has 7 nitrogen and oxygen atoms in total. The second kappa shape index (κ2) is 9.36. The second-order valence-electron chi connectivity index (χ2n) is 8.48. The summed E-state index contributed by atoms with van der Waals surface area (Å²) in [6.45, 7) is 3.90. The Bertz CT molecular complexity index is 1090. The van der Waals surface area contributed by atoms with Crippen molar-refractivity contribution >= 4 is 21.6 Å². The maximum absolute atomic E-state index is 14.1. The number of nitrogens with one attached hydrogen (secondary N) is 1. The first-order valence-corrected chi connectivity index (χ1v) is 12.2. The molecule has 0 saturated heterocycles. The number of para-hydroxylation sites is 1. The molecule has 1 heterocycles. The molecule has 1 N–H and O–H groups in total. The van der Waals surface area contributed by atoms with Crippen molar-refractivity contribution in [3.63, 3.8) is 0 Å². The highest BCUT2D eigenvalue weighted by Crippen LogP contribution is 2.41. The van der Waals surface area contributed by atoms with Gasteiger partial charge in [-0.15, -0.1) is 0 Å². The normalized spacial score (nSPS) is 17.1. The van der Waals surface area contributed by atoms with Crippen molar-refractivity contribution in [1.82, 2.24) is 5.32 Å². The third-order valence-corrected chi connectivity index (χ3v) is 6.48. The van der Waals surface area contributed by atoms with E-state index in [9.17, 15) is 17.6 Å². The molecule has 174 valence electrons. The number of benzene rings is 2. The monoisotopic (exact) mass is 464 g/mol. The summed E-state index contributed by atoms with van der Waals surface area (Å²) in [6.07, 6.45) is 1.96. The van der Waals surface area contributed by atoms with Crippen LogP contribution in [0.5, 0.6) is 11.5 Å². The Morgan fingerprint density at radius 1 is 1.28 bits per heavy atom. The van der Waals surface area contributed by atoms with Gasteiger partial charge >= 0.3 is 0 Å². The Kier molecular flexibility index (Phi) is 6.97. The number of halogens is 1. The quantitative estimate of drug-likeness (QED) is 0.642. The minimum atomic E-state index is -3.69. The van der Waals surface area contributed by atoms with Crippen LogP contribution in [0.2, 0.25) is 0 Å². The van der Waals surface area contributed by atoms with E-state index in [4.69, 9.17) is 9.47 Å². The van der Waals surface area contributed by atoms with Crippen molar-refractivity contribution in [3.05, 3.63) is 53.8 Å². The molecule has 1 aliphatic rings. The Morgan fingerprint density at radius 3 is 2.66 bits per heavy atom. The zero-order chi connectivity index (χ0) is 23.5. The molecule has 32 heavy (non-hydrogen) atoms. The first-order valence-electron chi connectivity index (χ1n) is 10.4. The van der Waals surface area contributed by atoms with Gasteiger partial charge in [-0.05, 0) is 44.5 Å². The second-order valence-corrected chi connectivity index (χ2v) is 10.4. The molecule has 1 atom stereocenters. The zero-order valence-electron chi connectivity index (χ0n) is 18.7. The van der Waals surface area contributed by atoms with Gasteiger partial charge in [0, 0.05) is 31.0 Å². The Labute approximate surface area is 188 Å². The minimum Gasteiger partial charge on any atom is -0.497 e. The van der Waals surface area contributed by atoms with Gasteiger partial charge in [0.15, 0.2) is 0 Å². The van der Waals surface area contributed by atoms with Gasteiger partial charge < -0.3 is 14.8 Å². The lowest BCUT2D eigenvalue weighted by Gasteiger charge is -2.38. The van der Waals surface area contributed by atoms with Gasteiger partial charge in [-0.25, -0.2) is 12.8 Å². The summed E-state index contributed by atoms with van der Waals surface area (Å²) in [4.78, 5) is 12.7. The molecule has 2 aromatic rings. The third kappa shape index (κ3) is 5.70. The minimum absolute atomic E-state index is 0.000241. The molecule has 0 aromatic heterocycles. The third-order valence-electron chi connectivity index (χ3n) is 5.30. The van der Waals surface area contributed by atoms with Crippen LogP contribution >= 0.6 is 0 Å². The van der Waals surface area contributed by atoms with Crippen LogP contribution in [0.1, 0.15) is 44.7 Å². The Hall–Kier alpha value is -2.81. The summed E-state index contributed by atoms with van der Waals surface area (Å²) in [7, 11) is -2.11. The van der Waals surface area contributed by atoms with E-state index in [2.05, 4.69) is 5.32 Å². The number of carbonyl (C=O) groups excluding carboxylic acids is 1. The summed E-state index contributed by atoms with van der Waals surface area (Å²) in [5.41, 5.74) is 0.363. The van der Waals surface area contributed by atoms with Crippen LogP contribution in [0, 0.1) is 5.82 Å². The number of rotatable bonds is 8. The molecule has 0 radical (unpaired) electrons.